The van der Waals surface area contributed by atoms with Crippen LogP contribution in [0.5, 0.6) is 0 Å². The van der Waals surface area contributed by atoms with Crippen LogP contribution in [0.2, 0.25) is 0 Å². The van der Waals surface area contributed by atoms with E-state index in [4.69, 9.17) is 9.47 Å². The lowest BCUT2D eigenvalue weighted by Crippen LogP contribution is -2.21. The van der Waals surface area contributed by atoms with Crippen LogP contribution < -0.4 is 5.32 Å². The average Bonchev–Trinajstić information content (AvgIpc) is 3.38. The number of benzene rings is 1. The van der Waals surface area contributed by atoms with Crippen LogP contribution in [0.3, 0.4) is 0 Å². The lowest BCUT2D eigenvalue weighted by molar-refractivity contribution is -0.119. The molecular formula is C24H22N4O5S. The Labute approximate surface area is 199 Å². The molecule has 3 aromatic heterocycles. The molecule has 1 aromatic carbocycles. The van der Waals surface area contributed by atoms with E-state index < -0.39 is 24.5 Å². The second-order valence-electron chi connectivity index (χ2n) is 7.37. The number of amides is 1. The Morgan fingerprint density at radius 1 is 1.09 bits per heavy atom. The van der Waals surface area contributed by atoms with Gasteiger partial charge >= 0.3 is 11.9 Å². The number of rotatable bonds is 7. The van der Waals surface area contributed by atoms with Crippen LogP contribution in [0.15, 0.2) is 48.7 Å². The lowest BCUT2D eigenvalue weighted by atomic mass is 10.2. The van der Waals surface area contributed by atoms with E-state index in [0.29, 0.717) is 11.3 Å². The van der Waals surface area contributed by atoms with E-state index in [-0.39, 0.29) is 17.0 Å². The van der Waals surface area contributed by atoms with Crippen molar-refractivity contribution in [2.45, 2.75) is 13.8 Å². The molecule has 34 heavy (non-hydrogen) atoms. The van der Waals surface area contributed by atoms with Crippen LogP contribution in [-0.2, 0) is 21.3 Å². The third-order valence-corrected chi connectivity index (χ3v) is 6.12. The van der Waals surface area contributed by atoms with Crippen LogP contribution in [0.1, 0.15) is 32.6 Å². The summed E-state index contributed by atoms with van der Waals surface area (Å²) in [6.07, 6.45) is 1.38. The topological polar surface area (TPSA) is 112 Å². The summed E-state index contributed by atoms with van der Waals surface area (Å²) in [5.41, 5.74) is 2.79. The van der Waals surface area contributed by atoms with Crippen LogP contribution in [-0.4, -0.2) is 45.8 Å². The van der Waals surface area contributed by atoms with Gasteiger partial charge in [-0.25, -0.2) is 14.6 Å². The molecule has 1 N–H and O–H groups in total. The normalized spacial score (nSPS) is 10.8. The molecular weight excluding hydrogens is 456 g/mol. The second kappa shape index (κ2) is 9.84. The number of anilines is 1. The van der Waals surface area contributed by atoms with Crippen molar-refractivity contribution in [1.29, 1.82) is 0 Å². The van der Waals surface area contributed by atoms with E-state index in [9.17, 15) is 14.4 Å². The van der Waals surface area contributed by atoms with E-state index in [1.54, 1.807) is 30.8 Å². The van der Waals surface area contributed by atoms with Gasteiger partial charge in [0.25, 0.3) is 5.91 Å². The molecule has 9 nitrogen and oxygen atoms in total. The maximum absolute atomic E-state index is 12.5. The summed E-state index contributed by atoms with van der Waals surface area (Å²) in [5.74, 6) is -1.80. The fraction of sp³-hybridized carbons (Fsp3) is 0.208. The first-order valence-corrected chi connectivity index (χ1v) is 11.3. The lowest BCUT2D eigenvalue weighted by Gasteiger charge is -2.07. The molecule has 3 heterocycles. The van der Waals surface area contributed by atoms with E-state index in [2.05, 4.69) is 15.4 Å². The highest BCUT2D eigenvalue weighted by molar-refractivity contribution is 7.18. The fourth-order valence-corrected chi connectivity index (χ4v) is 4.41. The number of carbonyl (C=O) groups is 3. The van der Waals surface area contributed by atoms with Gasteiger partial charge in [-0.15, -0.1) is 11.3 Å². The zero-order valence-electron chi connectivity index (χ0n) is 18.8. The van der Waals surface area contributed by atoms with Gasteiger partial charge in [-0.2, -0.15) is 5.10 Å². The summed E-state index contributed by atoms with van der Waals surface area (Å²) in [4.78, 5) is 42.7. The van der Waals surface area contributed by atoms with E-state index >= 15 is 0 Å². The molecule has 0 aliphatic rings. The Balaban J connectivity index is 1.47. The molecule has 0 radical (unpaired) electrons. The zero-order valence-corrected chi connectivity index (χ0v) is 19.6. The second-order valence-corrected chi connectivity index (χ2v) is 8.42. The van der Waals surface area contributed by atoms with Gasteiger partial charge in [0.2, 0.25) is 0 Å². The molecule has 1 amide bonds. The standard InChI is InChI=1S/C24H22N4O5S/c1-4-32-24(31)21-18(11-19(34-21)15-8-6-5-7-9-15)26-20(29)13-33-23(30)16-10-17-14(2)27-28(3)22(17)25-12-16/h5-12H,4,13H2,1-3H3,(H,26,29). The van der Waals surface area contributed by atoms with Gasteiger partial charge in [0.15, 0.2) is 12.3 Å². The summed E-state index contributed by atoms with van der Waals surface area (Å²) in [6.45, 7) is 3.21. The number of fused-ring (bicyclic) bond motifs is 1. The van der Waals surface area contributed by atoms with Crippen LogP contribution >= 0.6 is 11.3 Å². The molecule has 10 heteroatoms. The van der Waals surface area contributed by atoms with E-state index in [1.165, 1.54) is 17.5 Å². The minimum atomic E-state index is -0.686. The maximum Gasteiger partial charge on any atom is 0.350 e. The molecule has 0 spiro atoms. The minimum absolute atomic E-state index is 0.206. The SMILES string of the molecule is CCOC(=O)c1sc(-c2ccccc2)cc1NC(=O)COC(=O)c1cnc2c(c1)c(C)nn2C. The molecule has 0 fully saturated rings. The number of aryl methyl sites for hydroxylation is 2. The Hall–Kier alpha value is -4.05. The predicted octanol–water partition coefficient (Wildman–Crippen LogP) is 3.98. The number of hydrogen-bond donors (Lipinski definition) is 1. The molecule has 0 aliphatic heterocycles. The van der Waals surface area contributed by atoms with Crippen molar-refractivity contribution in [3.63, 3.8) is 0 Å². The van der Waals surface area contributed by atoms with E-state index in [1.807, 2.05) is 37.3 Å². The minimum Gasteiger partial charge on any atom is -0.462 e. The highest BCUT2D eigenvalue weighted by atomic mass is 32.1. The maximum atomic E-state index is 12.5. The Bertz CT molecular complexity index is 1380. The summed E-state index contributed by atoms with van der Waals surface area (Å²) >= 11 is 1.22. The number of nitrogens with one attached hydrogen (secondary N) is 1. The summed E-state index contributed by atoms with van der Waals surface area (Å²) in [6, 6.07) is 12.8. The quantitative estimate of drug-likeness (QED) is 0.400. The molecule has 0 saturated carbocycles. The molecule has 0 aliphatic carbocycles. The van der Waals surface area contributed by atoms with E-state index in [0.717, 1.165) is 21.5 Å². The third kappa shape index (κ3) is 4.81. The van der Waals surface area contributed by atoms with Gasteiger partial charge in [-0.1, -0.05) is 30.3 Å². The molecule has 174 valence electrons. The van der Waals surface area contributed by atoms with Crippen molar-refractivity contribution in [2.75, 3.05) is 18.5 Å². The zero-order chi connectivity index (χ0) is 24.2. The Morgan fingerprint density at radius 3 is 2.59 bits per heavy atom. The van der Waals surface area contributed by atoms with Crippen molar-refractivity contribution in [3.8, 4) is 10.4 Å². The molecule has 4 rings (SSSR count). The molecule has 0 unspecified atom stereocenters. The number of esters is 2. The number of thiophene rings is 1. The van der Waals surface area contributed by atoms with Gasteiger partial charge in [0, 0.05) is 23.5 Å². The van der Waals surface area contributed by atoms with Crippen molar-refractivity contribution < 1.29 is 23.9 Å². The Morgan fingerprint density at radius 2 is 1.85 bits per heavy atom. The first-order chi connectivity index (χ1) is 16.4. The highest BCUT2D eigenvalue weighted by Gasteiger charge is 2.21. The molecule has 0 atom stereocenters. The molecule has 0 saturated heterocycles. The summed E-state index contributed by atoms with van der Waals surface area (Å²) < 4.78 is 11.9. The number of hydrogen-bond acceptors (Lipinski definition) is 8. The summed E-state index contributed by atoms with van der Waals surface area (Å²) in [7, 11) is 1.77. The number of nitrogens with zero attached hydrogens (tertiary/aromatic N) is 3. The first kappa shape index (κ1) is 23.1. The number of aromatic nitrogens is 3. The number of ether oxygens (including phenoxy) is 2. The monoisotopic (exact) mass is 478 g/mol. The van der Waals surface area contributed by atoms with Crippen LogP contribution in [0, 0.1) is 6.92 Å². The molecule has 0 bridgehead atoms. The van der Waals surface area contributed by atoms with Crippen molar-refractivity contribution >= 4 is 45.9 Å². The smallest absolute Gasteiger partial charge is 0.350 e. The van der Waals surface area contributed by atoms with Gasteiger partial charge in [0.1, 0.15) is 4.88 Å². The number of carbonyl (C=O) groups excluding carboxylic acids is 3. The highest BCUT2D eigenvalue weighted by Crippen LogP contribution is 2.35. The van der Waals surface area contributed by atoms with Gasteiger partial charge in [0.05, 0.1) is 23.6 Å². The van der Waals surface area contributed by atoms with Gasteiger partial charge in [-0.05, 0) is 31.5 Å². The van der Waals surface area contributed by atoms with Crippen molar-refractivity contribution in [3.05, 3.63) is 64.8 Å². The fourth-order valence-electron chi connectivity index (χ4n) is 3.40. The largest absolute Gasteiger partial charge is 0.462 e. The van der Waals surface area contributed by atoms with Gasteiger partial charge in [-0.3, -0.25) is 9.48 Å². The number of pyridine rings is 1. The summed E-state index contributed by atoms with van der Waals surface area (Å²) in [5, 5.41) is 7.65. The van der Waals surface area contributed by atoms with Gasteiger partial charge < -0.3 is 14.8 Å². The first-order valence-electron chi connectivity index (χ1n) is 10.5. The Kier molecular flexibility index (Phi) is 6.69. The predicted molar refractivity (Wildman–Crippen MR) is 128 cm³/mol. The van der Waals surface area contributed by atoms with Crippen molar-refractivity contribution in [1.82, 2.24) is 14.8 Å². The third-order valence-electron chi connectivity index (χ3n) is 4.96. The molecule has 4 aromatic rings. The van der Waals surface area contributed by atoms with Crippen LogP contribution in [0.4, 0.5) is 5.69 Å². The van der Waals surface area contributed by atoms with Crippen LogP contribution in [0.25, 0.3) is 21.5 Å². The van der Waals surface area contributed by atoms with Crippen molar-refractivity contribution in [2.24, 2.45) is 7.05 Å². The average molecular weight is 479 g/mol.